The third-order valence-corrected chi connectivity index (χ3v) is 10.2. The Balaban J connectivity index is 1.13. The molecule has 0 unspecified atom stereocenters. The van der Waals surface area contributed by atoms with Gasteiger partial charge in [-0.3, -0.25) is 0 Å². The summed E-state index contributed by atoms with van der Waals surface area (Å²) in [4.78, 5) is 5.36. The summed E-state index contributed by atoms with van der Waals surface area (Å²) in [5.41, 5.74) is 11.6. The van der Waals surface area contributed by atoms with E-state index in [-0.39, 0.29) is 0 Å². The monoisotopic (exact) mass is 647 g/mol. The molecule has 0 fully saturated rings. The van der Waals surface area contributed by atoms with Crippen LogP contribution in [-0.2, 0) is 0 Å². The van der Waals surface area contributed by atoms with Crippen LogP contribution < -0.4 is 0 Å². The minimum Gasteiger partial charge on any atom is -0.309 e. The van der Waals surface area contributed by atoms with Crippen molar-refractivity contribution in [2.75, 3.05) is 0 Å². The van der Waals surface area contributed by atoms with E-state index in [9.17, 15) is 5.26 Å². The van der Waals surface area contributed by atoms with E-state index >= 15 is 0 Å². The van der Waals surface area contributed by atoms with Crippen molar-refractivity contribution >= 4 is 54.3 Å². The molecule has 51 heavy (non-hydrogen) atoms. The maximum Gasteiger partial charge on any atom is 0.0991 e. The second-order valence-corrected chi connectivity index (χ2v) is 13.1. The number of aromatic nitrogens is 2. The van der Waals surface area contributed by atoms with Crippen LogP contribution in [0.25, 0.3) is 93.5 Å². The summed E-state index contributed by atoms with van der Waals surface area (Å²) in [5.74, 6) is 0. The maximum atomic E-state index is 9.73. The molecule has 2 aromatic heterocycles. The predicted octanol–water partition coefficient (Wildman–Crippen LogP) is 12.5. The van der Waals surface area contributed by atoms with Gasteiger partial charge in [-0.2, -0.15) is 5.26 Å². The number of fused-ring (bicyclic) bond motifs is 8. The quantitative estimate of drug-likeness (QED) is 0.178. The van der Waals surface area contributed by atoms with Crippen molar-refractivity contribution in [1.82, 2.24) is 9.55 Å². The van der Waals surface area contributed by atoms with E-state index in [1.807, 2.05) is 18.2 Å². The van der Waals surface area contributed by atoms with E-state index in [4.69, 9.17) is 4.98 Å². The van der Waals surface area contributed by atoms with Gasteiger partial charge in [-0.25, -0.2) is 4.98 Å². The van der Waals surface area contributed by atoms with Gasteiger partial charge in [0.25, 0.3) is 0 Å². The van der Waals surface area contributed by atoms with Crippen molar-refractivity contribution in [1.29, 1.82) is 5.26 Å². The zero-order valence-electron chi connectivity index (χ0n) is 27.6. The number of nitriles is 1. The van der Waals surface area contributed by atoms with Crippen molar-refractivity contribution in [2.45, 2.75) is 0 Å². The number of benzene rings is 8. The van der Waals surface area contributed by atoms with E-state index in [2.05, 4.69) is 168 Å². The number of hydrogen-bond donors (Lipinski definition) is 0. The van der Waals surface area contributed by atoms with Crippen LogP contribution in [0.15, 0.2) is 176 Å². The molecule has 0 atom stereocenters. The van der Waals surface area contributed by atoms with Gasteiger partial charge in [0.1, 0.15) is 0 Å². The summed E-state index contributed by atoms with van der Waals surface area (Å²) < 4.78 is 2.28. The standard InChI is InChI=1S/C48H29N3/c49-30-31-15-25-45-42(27-31)43-28-36(22-26-46(43)51(45)38-12-5-2-6-13-38)33-16-18-35(19-17-33)48-41-24-20-34-11-7-8-14-39(34)47(41)40-23-21-37(29-44(40)50-48)32-9-3-1-4-10-32/h1-29H. The summed E-state index contributed by atoms with van der Waals surface area (Å²) in [7, 11) is 0. The Hall–Kier alpha value is -7.02. The second kappa shape index (κ2) is 11.6. The molecule has 0 radical (unpaired) electrons. The minimum absolute atomic E-state index is 0.656. The number of nitrogens with zero attached hydrogens (tertiary/aromatic N) is 3. The number of para-hydroxylation sites is 1. The van der Waals surface area contributed by atoms with Gasteiger partial charge in [0.2, 0.25) is 0 Å². The highest BCUT2D eigenvalue weighted by atomic mass is 15.0. The van der Waals surface area contributed by atoms with Crippen molar-refractivity contribution in [3.8, 4) is 45.3 Å². The van der Waals surface area contributed by atoms with Crippen LogP contribution in [0.1, 0.15) is 5.56 Å². The molecule has 0 aliphatic rings. The Labute approximate surface area is 294 Å². The van der Waals surface area contributed by atoms with Crippen LogP contribution in [0, 0.1) is 11.3 Å². The number of pyridine rings is 1. The van der Waals surface area contributed by atoms with Gasteiger partial charge < -0.3 is 4.57 Å². The summed E-state index contributed by atoms with van der Waals surface area (Å²) in [6.45, 7) is 0. The Morgan fingerprint density at radius 2 is 1.04 bits per heavy atom. The maximum absolute atomic E-state index is 9.73. The van der Waals surface area contributed by atoms with E-state index in [0.717, 1.165) is 71.7 Å². The average Bonchev–Trinajstić information content (AvgIpc) is 3.53. The first kappa shape index (κ1) is 28.9. The highest BCUT2D eigenvalue weighted by Crippen LogP contribution is 2.40. The molecule has 0 bridgehead atoms. The van der Waals surface area contributed by atoms with Gasteiger partial charge in [0.05, 0.1) is 33.9 Å². The van der Waals surface area contributed by atoms with Gasteiger partial charge in [0.15, 0.2) is 0 Å². The fourth-order valence-corrected chi connectivity index (χ4v) is 7.75. The molecule has 3 nitrogen and oxygen atoms in total. The summed E-state index contributed by atoms with van der Waals surface area (Å²) in [6.07, 6.45) is 0. The zero-order chi connectivity index (χ0) is 33.9. The molecular weight excluding hydrogens is 619 g/mol. The normalized spacial score (nSPS) is 11.5. The number of hydrogen-bond acceptors (Lipinski definition) is 2. The van der Waals surface area contributed by atoms with Gasteiger partial charge >= 0.3 is 0 Å². The lowest BCUT2D eigenvalue weighted by Gasteiger charge is -2.14. The van der Waals surface area contributed by atoms with Crippen molar-refractivity contribution in [2.24, 2.45) is 0 Å². The van der Waals surface area contributed by atoms with Crippen LogP contribution in [0.4, 0.5) is 0 Å². The predicted molar refractivity (Wildman–Crippen MR) is 212 cm³/mol. The number of rotatable bonds is 4. The lowest BCUT2D eigenvalue weighted by atomic mass is 9.93. The van der Waals surface area contributed by atoms with Crippen molar-refractivity contribution in [3.63, 3.8) is 0 Å². The van der Waals surface area contributed by atoms with E-state index in [0.29, 0.717) is 5.56 Å². The molecule has 2 heterocycles. The van der Waals surface area contributed by atoms with Crippen LogP contribution >= 0.6 is 0 Å². The largest absolute Gasteiger partial charge is 0.309 e. The van der Waals surface area contributed by atoms with Crippen molar-refractivity contribution in [3.05, 3.63) is 181 Å². The molecule has 0 saturated heterocycles. The molecule has 10 aromatic rings. The summed E-state index contributed by atoms with van der Waals surface area (Å²) in [6, 6.07) is 64.4. The zero-order valence-corrected chi connectivity index (χ0v) is 27.6. The first-order valence-electron chi connectivity index (χ1n) is 17.2. The van der Waals surface area contributed by atoms with Crippen LogP contribution in [0.3, 0.4) is 0 Å². The van der Waals surface area contributed by atoms with E-state index in [1.54, 1.807) is 0 Å². The second-order valence-electron chi connectivity index (χ2n) is 13.1. The molecule has 8 aromatic carbocycles. The van der Waals surface area contributed by atoms with E-state index < -0.39 is 0 Å². The minimum atomic E-state index is 0.656. The summed E-state index contributed by atoms with van der Waals surface area (Å²) in [5, 5.41) is 17.9. The highest BCUT2D eigenvalue weighted by molar-refractivity contribution is 6.22. The topological polar surface area (TPSA) is 41.6 Å². The summed E-state index contributed by atoms with van der Waals surface area (Å²) >= 11 is 0. The molecule has 10 rings (SSSR count). The van der Waals surface area contributed by atoms with Crippen LogP contribution in [-0.4, -0.2) is 9.55 Å². The molecule has 3 heteroatoms. The molecule has 236 valence electrons. The highest BCUT2D eigenvalue weighted by Gasteiger charge is 2.16. The smallest absolute Gasteiger partial charge is 0.0991 e. The Morgan fingerprint density at radius 3 is 1.84 bits per heavy atom. The van der Waals surface area contributed by atoms with Crippen LogP contribution in [0.2, 0.25) is 0 Å². The van der Waals surface area contributed by atoms with Gasteiger partial charge in [-0.05, 0) is 81.6 Å². The Kier molecular flexibility index (Phi) is 6.56. The van der Waals surface area contributed by atoms with Gasteiger partial charge in [0, 0.05) is 38.2 Å². The Bertz CT molecular complexity index is 3000. The van der Waals surface area contributed by atoms with E-state index in [1.165, 1.54) is 21.7 Å². The molecule has 0 aliphatic heterocycles. The van der Waals surface area contributed by atoms with Crippen molar-refractivity contribution < 1.29 is 0 Å². The third-order valence-electron chi connectivity index (χ3n) is 10.2. The molecule has 0 N–H and O–H groups in total. The van der Waals surface area contributed by atoms with Gasteiger partial charge in [-0.15, -0.1) is 0 Å². The van der Waals surface area contributed by atoms with Gasteiger partial charge in [-0.1, -0.05) is 127 Å². The SMILES string of the molecule is N#Cc1ccc2c(c1)c1cc(-c3ccc(-c4nc5cc(-c6ccccc6)ccc5c5c4ccc4ccccc45)cc3)ccc1n2-c1ccccc1. The molecule has 0 saturated carbocycles. The fourth-order valence-electron chi connectivity index (χ4n) is 7.75. The molecule has 0 amide bonds. The fraction of sp³-hybridized carbons (Fsp3) is 0. The first-order chi connectivity index (χ1) is 25.2. The molecule has 0 spiro atoms. The Morgan fingerprint density at radius 1 is 0.431 bits per heavy atom. The third kappa shape index (κ3) is 4.70. The lowest BCUT2D eigenvalue weighted by Crippen LogP contribution is -1.93. The lowest BCUT2D eigenvalue weighted by molar-refractivity contribution is 1.18. The van der Waals surface area contributed by atoms with Crippen LogP contribution in [0.5, 0.6) is 0 Å². The molecular formula is C48H29N3. The molecule has 0 aliphatic carbocycles. The first-order valence-corrected chi connectivity index (χ1v) is 17.2. The average molecular weight is 648 g/mol.